The summed E-state index contributed by atoms with van der Waals surface area (Å²) in [6.45, 7) is 18.7. The molecule has 2 amide bonds. The number of hydrogen-bond donors (Lipinski definition) is 1. The molecular formula is C27H41N3O2Si2. The zero-order valence-electron chi connectivity index (χ0n) is 22.1. The normalized spacial score (nSPS) is 21.1. The number of carbonyl (C=O) groups is 2. The van der Waals surface area contributed by atoms with Gasteiger partial charge in [0.05, 0.1) is 27.8 Å². The highest BCUT2D eigenvalue weighted by molar-refractivity contribution is 6.96. The van der Waals surface area contributed by atoms with E-state index in [0.29, 0.717) is 23.2 Å². The van der Waals surface area contributed by atoms with Gasteiger partial charge in [0, 0.05) is 24.1 Å². The summed E-state index contributed by atoms with van der Waals surface area (Å²) < 4.78 is 0. The van der Waals surface area contributed by atoms with Crippen LogP contribution in [0.1, 0.15) is 36.2 Å². The number of rotatable bonds is 9. The van der Waals surface area contributed by atoms with Crippen LogP contribution in [0.15, 0.2) is 54.9 Å². The van der Waals surface area contributed by atoms with Crippen molar-refractivity contribution >= 4 is 28.0 Å². The van der Waals surface area contributed by atoms with Gasteiger partial charge < -0.3 is 10.2 Å². The molecular weight excluding hydrogens is 454 g/mol. The Morgan fingerprint density at radius 2 is 1.65 bits per heavy atom. The van der Waals surface area contributed by atoms with E-state index in [1.807, 2.05) is 18.2 Å². The van der Waals surface area contributed by atoms with Crippen molar-refractivity contribution in [1.82, 2.24) is 15.2 Å². The van der Waals surface area contributed by atoms with Gasteiger partial charge in [0.15, 0.2) is 0 Å². The van der Waals surface area contributed by atoms with Crippen molar-refractivity contribution in [2.45, 2.75) is 82.8 Å². The Hall–Kier alpha value is -2.26. The molecule has 2 aromatic rings. The maximum absolute atomic E-state index is 14.3. The Bertz CT molecular complexity index is 986. The quantitative estimate of drug-likeness (QED) is 0.385. The summed E-state index contributed by atoms with van der Waals surface area (Å²) in [6.07, 6.45) is 4.58. The third kappa shape index (κ3) is 5.35. The zero-order chi connectivity index (χ0) is 25.3. The highest BCUT2D eigenvalue weighted by Gasteiger charge is 2.65. The fourth-order valence-electron chi connectivity index (χ4n) is 5.94. The molecule has 3 rings (SSSR count). The number of hydrogen-bond acceptors (Lipinski definition) is 3. The molecule has 2 atom stereocenters. The molecule has 1 aliphatic rings. The van der Waals surface area contributed by atoms with Gasteiger partial charge in [0.1, 0.15) is 5.54 Å². The molecule has 1 aromatic heterocycles. The van der Waals surface area contributed by atoms with Gasteiger partial charge in [-0.1, -0.05) is 83.5 Å². The largest absolute Gasteiger partial charge is 0.337 e. The molecule has 7 heteroatoms. The van der Waals surface area contributed by atoms with Crippen molar-refractivity contribution in [3.8, 4) is 0 Å². The van der Waals surface area contributed by atoms with Gasteiger partial charge in [-0.25, -0.2) is 0 Å². The minimum absolute atomic E-state index is 0.0377. The Balaban J connectivity index is 2.10. The second-order valence-electron chi connectivity index (χ2n) is 12.3. The van der Waals surface area contributed by atoms with Crippen LogP contribution in [0.5, 0.6) is 0 Å². The van der Waals surface area contributed by atoms with Crippen LogP contribution in [0.2, 0.25) is 39.3 Å². The second-order valence-corrected chi connectivity index (χ2v) is 23.5. The first-order chi connectivity index (χ1) is 15.8. The number of pyridine rings is 1. The van der Waals surface area contributed by atoms with Crippen molar-refractivity contribution in [2.24, 2.45) is 5.92 Å². The molecule has 0 bridgehead atoms. The number of benzene rings is 1. The smallest absolute Gasteiger partial charge is 0.253 e. The predicted molar refractivity (Wildman–Crippen MR) is 145 cm³/mol. The fraction of sp³-hybridized carbons (Fsp3) is 0.519. The Kier molecular flexibility index (Phi) is 7.58. The number of amides is 2. The minimum Gasteiger partial charge on any atom is -0.337 e. The molecule has 0 aliphatic carbocycles. The van der Waals surface area contributed by atoms with Gasteiger partial charge in [0.2, 0.25) is 0 Å². The van der Waals surface area contributed by atoms with Gasteiger partial charge in [-0.2, -0.15) is 0 Å². The van der Waals surface area contributed by atoms with E-state index in [-0.39, 0.29) is 17.9 Å². The Labute approximate surface area is 207 Å². The predicted octanol–water partition coefficient (Wildman–Crippen LogP) is 5.17. The molecule has 1 N–H and O–H groups in total. The van der Waals surface area contributed by atoms with Crippen molar-refractivity contribution in [3.63, 3.8) is 0 Å². The maximum Gasteiger partial charge on any atom is 0.253 e. The van der Waals surface area contributed by atoms with Crippen molar-refractivity contribution in [3.05, 3.63) is 66.0 Å². The van der Waals surface area contributed by atoms with Crippen molar-refractivity contribution in [2.75, 3.05) is 0 Å². The monoisotopic (exact) mass is 495 g/mol. The summed E-state index contributed by atoms with van der Waals surface area (Å²) in [5.41, 5.74) is 0.598. The van der Waals surface area contributed by atoms with E-state index in [4.69, 9.17) is 0 Å². The van der Waals surface area contributed by atoms with Crippen LogP contribution in [-0.2, 0) is 11.2 Å². The summed E-state index contributed by atoms with van der Waals surface area (Å²) in [6, 6.07) is 13.6. The van der Waals surface area contributed by atoms with Crippen molar-refractivity contribution in [1.29, 1.82) is 0 Å². The molecule has 184 valence electrons. The molecule has 1 aliphatic heterocycles. The van der Waals surface area contributed by atoms with Crippen LogP contribution in [0.25, 0.3) is 0 Å². The SMILES string of the molecule is CC(C)C[C@H]1N(C([Si](C)(C)C)[Si](C)(C)C)C(=O)[C@]1(Cc1ccccc1)NC(=O)c1cccnc1. The molecule has 0 saturated carbocycles. The average molecular weight is 496 g/mol. The molecule has 0 radical (unpaired) electrons. The van der Waals surface area contributed by atoms with Crippen LogP contribution in [0.4, 0.5) is 0 Å². The van der Waals surface area contributed by atoms with Crippen molar-refractivity contribution < 1.29 is 9.59 Å². The second kappa shape index (κ2) is 9.78. The molecule has 1 aromatic carbocycles. The van der Waals surface area contributed by atoms with Crippen LogP contribution in [0, 0.1) is 5.92 Å². The Morgan fingerprint density at radius 3 is 2.15 bits per heavy atom. The highest BCUT2D eigenvalue weighted by atomic mass is 28.4. The summed E-state index contributed by atoms with van der Waals surface area (Å²) in [7, 11) is -3.41. The van der Waals surface area contributed by atoms with Gasteiger partial charge in [-0.3, -0.25) is 14.6 Å². The van der Waals surface area contributed by atoms with E-state index in [0.717, 1.165) is 12.0 Å². The number of aromatic nitrogens is 1. The molecule has 0 spiro atoms. The molecule has 2 heterocycles. The van der Waals surface area contributed by atoms with E-state index in [1.54, 1.807) is 24.5 Å². The van der Waals surface area contributed by atoms with E-state index in [2.05, 4.69) is 80.5 Å². The first-order valence-electron chi connectivity index (χ1n) is 12.4. The molecule has 5 nitrogen and oxygen atoms in total. The lowest BCUT2D eigenvalue weighted by molar-refractivity contribution is -0.163. The third-order valence-electron chi connectivity index (χ3n) is 6.72. The third-order valence-corrected chi connectivity index (χ3v) is 15.8. The Morgan fingerprint density at radius 1 is 1.03 bits per heavy atom. The van der Waals surface area contributed by atoms with E-state index >= 15 is 0 Å². The molecule has 34 heavy (non-hydrogen) atoms. The van der Waals surface area contributed by atoms with Gasteiger partial charge in [0.25, 0.3) is 11.8 Å². The number of nitrogens with zero attached hydrogens (tertiary/aromatic N) is 2. The van der Waals surface area contributed by atoms with E-state index in [9.17, 15) is 9.59 Å². The summed E-state index contributed by atoms with van der Waals surface area (Å²) in [5, 5.41) is 3.55. The number of nitrogens with one attached hydrogen (secondary N) is 1. The average Bonchev–Trinajstić information content (AvgIpc) is 2.75. The lowest BCUT2D eigenvalue weighted by Crippen LogP contribution is -2.86. The molecule has 0 unspecified atom stereocenters. The van der Waals surface area contributed by atoms with Gasteiger partial charge in [-0.05, 0) is 30.0 Å². The van der Waals surface area contributed by atoms with E-state index in [1.165, 1.54) is 0 Å². The first-order valence-corrected chi connectivity index (χ1v) is 19.5. The number of carbonyl (C=O) groups excluding carboxylic acids is 2. The standard InChI is InChI=1S/C27H41N3O2Si2/c1-20(2)17-23-27(18-21-13-10-9-11-14-21,29-24(31)22-15-12-16-28-19-22)25(32)30(23)26(33(3,4)5)34(6,7)8/h9-16,19-20,23,26H,17-18H2,1-8H3,(H,29,31)/t23-,27-/m1/s1. The lowest BCUT2D eigenvalue weighted by Gasteiger charge is -2.63. The van der Waals surface area contributed by atoms with E-state index < -0.39 is 21.7 Å². The number of likely N-dealkylation sites (tertiary alicyclic amines) is 1. The fourth-order valence-corrected chi connectivity index (χ4v) is 18.6. The molecule has 1 saturated heterocycles. The van der Waals surface area contributed by atoms with Gasteiger partial charge >= 0.3 is 0 Å². The van der Waals surface area contributed by atoms with Gasteiger partial charge in [-0.15, -0.1) is 0 Å². The lowest BCUT2D eigenvalue weighted by atomic mass is 9.71. The topological polar surface area (TPSA) is 62.3 Å². The zero-order valence-corrected chi connectivity index (χ0v) is 24.1. The summed E-state index contributed by atoms with van der Waals surface area (Å²) >= 11 is 0. The van der Waals surface area contributed by atoms with Crippen LogP contribution >= 0.6 is 0 Å². The molecule has 1 fully saturated rings. The highest BCUT2D eigenvalue weighted by Crippen LogP contribution is 2.43. The first kappa shape index (κ1) is 26.4. The van der Waals surface area contributed by atoms with Crippen LogP contribution in [0.3, 0.4) is 0 Å². The summed E-state index contributed by atoms with van der Waals surface area (Å²) in [5.74, 6) is 0.243. The number of β-lactam (4-membered cyclic amide) rings is 1. The van der Waals surface area contributed by atoms with Crippen LogP contribution < -0.4 is 5.32 Å². The minimum atomic E-state index is -1.70. The van der Waals surface area contributed by atoms with Crippen LogP contribution in [-0.4, -0.2) is 54.7 Å². The maximum atomic E-state index is 14.3. The summed E-state index contributed by atoms with van der Waals surface area (Å²) in [4.78, 5) is 34.0.